The van der Waals surface area contributed by atoms with Crippen molar-refractivity contribution in [3.8, 4) is 0 Å². The largest absolute Gasteiger partial charge is 0.468 e. The third-order valence-electron chi connectivity index (χ3n) is 3.62. The zero-order valence-electron chi connectivity index (χ0n) is 13.5. The number of rotatable bonds is 8. The van der Waals surface area contributed by atoms with Gasteiger partial charge in [-0.05, 0) is 24.8 Å². The van der Waals surface area contributed by atoms with Crippen molar-refractivity contribution in [2.24, 2.45) is 11.7 Å². The van der Waals surface area contributed by atoms with E-state index in [9.17, 15) is 4.79 Å². The average molecular weight is 293 g/mol. The van der Waals surface area contributed by atoms with Gasteiger partial charge in [0.1, 0.15) is 5.41 Å². The fourth-order valence-electron chi connectivity index (χ4n) is 2.37. The Labute approximate surface area is 127 Å². The molecular formula is C17H27NO3. The Bertz CT molecular complexity index is 459. The van der Waals surface area contributed by atoms with Crippen LogP contribution in [0.3, 0.4) is 0 Å². The van der Waals surface area contributed by atoms with Gasteiger partial charge in [-0.3, -0.25) is 4.79 Å². The number of esters is 1. The molecule has 0 spiro atoms. The Balaban J connectivity index is 2.96. The van der Waals surface area contributed by atoms with Crippen molar-refractivity contribution in [1.82, 2.24) is 0 Å². The maximum Gasteiger partial charge on any atom is 0.317 e. The molecule has 0 aliphatic carbocycles. The first-order valence-electron chi connectivity index (χ1n) is 7.39. The molecule has 0 bridgehead atoms. The van der Waals surface area contributed by atoms with Crippen LogP contribution in [0.25, 0.3) is 0 Å². The summed E-state index contributed by atoms with van der Waals surface area (Å²) in [6, 6.07) is 7.86. The first-order valence-corrected chi connectivity index (χ1v) is 7.39. The van der Waals surface area contributed by atoms with Gasteiger partial charge in [-0.2, -0.15) is 0 Å². The molecular weight excluding hydrogens is 266 g/mol. The second-order valence-corrected chi connectivity index (χ2v) is 5.87. The van der Waals surface area contributed by atoms with E-state index in [1.54, 1.807) is 0 Å². The molecule has 0 aliphatic rings. The Morgan fingerprint density at radius 3 is 2.62 bits per heavy atom. The first-order chi connectivity index (χ1) is 9.96. The molecule has 0 amide bonds. The molecule has 21 heavy (non-hydrogen) atoms. The van der Waals surface area contributed by atoms with E-state index in [2.05, 4.69) is 13.8 Å². The fourth-order valence-corrected chi connectivity index (χ4v) is 2.37. The van der Waals surface area contributed by atoms with Crippen molar-refractivity contribution in [3.63, 3.8) is 0 Å². The number of aryl methyl sites for hydroxylation is 1. The molecule has 1 rings (SSSR count). The summed E-state index contributed by atoms with van der Waals surface area (Å²) in [6.45, 7) is 7.55. The summed E-state index contributed by atoms with van der Waals surface area (Å²) in [5, 5.41) is 0. The summed E-state index contributed by atoms with van der Waals surface area (Å²) >= 11 is 0. The zero-order valence-corrected chi connectivity index (χ0v) is 13.5. The number of ether oxygens (including phenoxy) is 2. The minimum atomic E-state index is -0.836. The molecule has 1 aromatic carbocycles. The third-order valence-corrected chi connectivity index (χ3v) is 3.62. The van der Waals surface area contributed by atoms with Gasteiger partial charge in [0.15, 0.2) is 0 Å². The Morgan fingerprint density at radius 2 is 2.10 bits per heavy atom. The van der Waals surface area contributed by atoms with Crippen LogP contribution in [0.4, 0.5) is 0 Å². The first kappa shape index (κ1) is 17.7. The average Bonchev–Trinajstić information content (AvgIpc) is 2.47. The second-order valence-electron chi connectivity index (χ2n) is 5.87. The lowest BCUT2D eigenvalue weighted by Crippen LogP contribution is -2.45. The van der Waals surface area contributed by atoms with E-state index in [-0.39, 0.29) is 12.5 Å². The van der Waals surface area contributed by atoms with Gasteiger partial charge in [0.05, 0.1) is 7.11 Å². The number of carbonyl (C=O) groups excluding carboxylic acids is 1. The summed E-state index contributed by atoms with van der Waals surface area (Å²) in [6.07, 6.45) is 0.520. The molecule has 0 radical (unpaired) electrons. The lowest BCUT2D eigenvalue weighted by atomic mass is 9.77. The standard InChI is InChI=1S/C17H27NO3/c1-13(2)11-21-9-8-17(12-18,16(19)20-4)15-7-5-6-14(3)10-15/h5-7,10,13H,8-9,11-12,18H2,1-4H3. The molecule has 1 atom stereocenters. The highest BCUT2D eigenvalue weighted by Gasteiger charge is 2.40. The highest BCUT2D eigenvalue weighted by Crippen LogP contribution is 2.29. The van der Waals surface area contributed by atoms with E-state index in [1.165, 1.54) is 7.11 Å². The monoisotopic (exact) mass is 293 g/mol. The van der Waals surface area contributed by atoms with E-state index >= 15 is 0 Å². The van der Waals surface area contributed by atoms with E-state index in [1.807, 2.05) is 31.2 Å². The van der Waals surface area contributed by atoms with E-state index in [0.717, 1.165) is 11.1 Å². The second kappa shape index (κ2) is 8.15. The third kappa shape index (κ3) is 4.55. The lowest BCUT2D eigenvalue weighted by molar-refractivity contribution is -0.148. The van der Waals surface area contributed by atoms with Crippen LogP contribution >= 0.6 is 0 Å². The molecule has 118 valence electrons. The van der Waals surface area contributed by atoms with Gasteiger partial charge in [-0.15, -0.1) is 0 Å². The van der Waals surface area contributed by atoms with E-state index in [4.69, 9.17) is 15.2 Å². The van der Waals surface area contributed by atoms with Gasteiger partial charge >= 0.3 is 5.97 Å². The summed E-state index contributed by atoms with van der Waals surface area (Å²) in [5.41, 5.74) is 7.10. The molecule has 0 saturated carbocycles. The van der Waals surface area contributed by atoms with Gasteiger partial charge in [-0.1, -0.05) is 43.7 Å². The smallest absolute Gasteiger partial charge is 0.317 e. The molecule has 2 N–H and O–H groups in total. The molecule has 0 aliphatic heterocycles. The number of hydrogen-bond acceptors (Lipinski definition) is 4. The number of benzene rings is 1. The predicted molar refractivity (Wildman–Crippen MR) is 84.2 cm³/mol. The Hall–Kier alpha value is -1.39. The maximum atomic E-state index is 12.3. The SMILES string of the molecule is COC(=O)C(CN)(CCOCC(C)C)c1cccc(C)c1. The number of hydrogen-bond donors (Lipinski definition) is 1. The van der Waals surface area contributed by atoms with Crippen molar-refractivity contribution >= 4 is 5.97 Å². The van der Waals surface area contributed by atoms with Crippen molar-refractivity contribution in [2.75, 3.05) is 26.9 Å². The van der Waals surface area contributed by atoms with E-state index in [0.29, 0.717) is 25.6 Å². The molecule has 0 heterocycles. The minimum absolute atomic E-state index is 0.203. The van der Waals surface area contributed by atoms with Gasteiger partial charge in [-0.25, -0.2) is 0 Å². The van der Waals surface area contributed by atoms with Gasteiger partial charge < -0.3 is 15.2 Å². The predicted octanol–water partition coefficient (Wildman–Crippen LogP) is 2.43. The highest BCUT2D eigenvalue weighted by molar-refractivity contribution is 5.83. The highest BCUT2D eigenvalue weighted by atomic mass is 16.5. The zero-order chi connectivity index (χ0) is 15.9. The van der Waals surface area contributed by atoms with Crippen LogP contribution in [0.5, 0.6) is 0 Å². The maximum absolute atomic E-state index is 12.3. The number of carbonyl (C=O) groups is 1. The van der Waals surface area contributed by atoms with Gasteiger partial charge in [0.2, 0.25) is 0 Å². The molecule has 1 aromatic rings. The molecule has 1 unspecified atom stereocenters. The van der Waals surface area contributed by atoms with Crippen molar-refractivity contribution < 1.29 is 14.3 Å². The summed E-state index contributed by atoms with van der Waals surface area (Å²) in [5.74, 6) is 0.165. The molecule has 4 nitrogen and oxygen atoms in total. The van der Waals surface area contributed by atoms with E-state index < -0.39 is 5.41 Å². The Morgan fingerprint density at radius 1 is 1.38 bits per heavy atom. The summed E-state index contributed by atoms with van der Waals surface area (Å²) in [4.78, 5) is 12.3. The molecule has 0 fully saturated rings. The molecule has 4 heteroatoms. The van der Waals surface area contributed by atoms with Crippen LogP contribution in [-0.4, -0.2) is 32.8 Å². The number of nitrogens with two attached hydrogens (primary N) is 1. The summed E-state index contributed by atoms with van der Waals surface area (Å²) in [7, 11) is 1.40. The summed E-state index contributed by atoms with van der Waals surface area (Å²) < 4.78 is 10.6. The van der Waals surface area contributed by atoms with Crippen LogP contribution in [-0.2, 0) is 19.7 Å². The van der Waals surface area contributed by atoms with Crippen LogP contribution in [0.2, 0.25) is 0 Å². The normalized spacial score (nSPS) is 14.0. The molecule has 0 saturated heterocycles. The van der Waals surface area contributed by atoms with Crippen LogP contribution in [0, 0.1) is 12.8 Å². The minimum Gasteiger partial charge on any atom is -0.468 e. The van der Waals surface area contributed by atoms with Crippen molar-refractivity contribution in [3.05, 3.63) is 35.4 Å². The van der Waals surface area contributed by atoms with Crippen molar-refractivity contribution in [2.45, 2.75) is 32.6 Å². The van der Waals surface area contributed by atoms with Crippen LogP contribution in [0.1, 0.15) is 31.4 Å². The van der Waals surface area contributed by atoms with Crippen molar-refractivity contribution in [1.29, 1.82) is 0 Å². The topological polar surface area (TPSA) is 61.5 Å². The van der Waals surface area contributed by atoms with Gasteiger partial charge in [0.25, 0.3) is 0 Å². The molecule has 0 aromatic heterocycles. The number of methoxy groups -OCH3 is 1. The lowest BCUT2D eigenvalue weighted by Gasteiger charge is -2.30. The fraction of sp³-hybridized carbons (Fsp3) is 0.588. The Kier molecular flexibility index (Phi) is 6.85. The van der Waals surface area contributed by atoms with Crippen LogP contribution in [0.15, 0.2) is 24.3 Å². The quantitative estimate of drug-likeness (QED) is 0.590. The van der Waals surface area contributed by atoms with Gasteiger partial charge in [0, 0.05) is 19.8 Å². The van der Waals surface area contributed by atoms with Crippen LogP contribution < -0.4 is 5.73 Å².